The SMILES string of the molecule is N#CC(C(=O)NCCN1CCOCC1)=c1sc(=Cc2ccc(C#N)cc2)c(=O)n1-c1ccc(Cl)cc1. The lowest BCUT2D eigenvalue weighted by Gasteiger charge is -2.26. The van der Waals surface area contributed by atoms with E-state index in [4.69, 9.17) is 21.6 Å². The number of ether oxygens (including phenoxy) is 1. The number of carbonyl (C=O) groups excluding carboxylic acids is 1. The highest BCUT2D eigenvalue weighted by Gasteiger charge is 2.18. The molecule has 1 aliphatic rings. The fourth-order valence-electron chi connectivity index (χ4n) is 3.72. The van der Waals surface area contributed by atoms with Gasteiger partial charge in [0.15, 0.2) is 5.57 Å². The standard InChI is InChI=1S/C26H22ClN5O3S/c27-20-5-7-21(8-6-20)32-25(34)23(15-18-1-3-19(16-28)4-2-18)36-26(32)22(17-29)24(33)30-9-10-31-11-13-35-14-12-31/h1-8,15H,9-14H2,(H,30,33). The van der Waals surface area contributed by atoms with Gasteiger partial charge in [-0.2, -0.15) is 10.5 Å². The molecule has 182 valence electrons. The van der Waals surface area contributed by atoms with Crippen LogP contribution in [-0.2, 0) is 9.53 Å². The zero-order chi connectivity index (χ0) is 25.5. The van der Waals surface area contributed by atoms with Crippen LogP contribution in [0.2, 0.25) is 5.02 Å². The van der Waals surface area contributed by atoms with E-state index in [0.717, 1.165) is 30.0 Å². The highest BCUT2D eigenvalue weighted by Crippen LogP contribution is 2.12. The third-order valence-electron chi connectivity index (χ3n) is 5.62. The molecule has 0 saturated carbocycles. The molecule has 36 heavy (non-hydrogen) atoms. The van der Waals surface area contributed by atoms with Crippen molar-refractivity contribution in [2.45, 2.75) is 0 Å². The van der Waals surface area contributed by atoms with Gasteiger partial charge in [0.1, 0.15) is 10.7 Å². The molecule has 4 rings (SSSR count). The molecule has 0 atom stereocenters. The van der Waals surface area contributed by atoms with E-state index in [-0.39, 0.29) is 15.8 Å². The van der Waals surface area contributed by atoms with E-state index in [1.807, 2.05) is 6.07 Å². The first kappa shape index (κ1) is 25.4. The highest BCUT2D eigenvalue weighted by atomic mass is 35.5. The van der Waals surface area contributed by atoms with Crippen LogP contribution in [0.4, 0.5) is 0 Å². The summed E-state index contributed by atoms with van der Waals surface area (Å²) in [4.78, 5) is 28.6. The Hall–Kier alpha value is -3.73. The smallest absolute Gasteiger partial charge is 0.273 e. The molecule has 1 amide bonds. The molecule has 0 aliphatic carbocycles. The van der Waals surface area contributed by atoms with Crippen molar-refractivity contribution >= 4 is 40.5 Å². The van der Waals surface area contributed by atoms with E-state index in [1.54, 1.807) is 54.6 Å². The Labute approximate surface area is 216 Å². The van der Waals surface area contributed by atoms with Gasteiger partial charge in [0.2, 0.25) is 0 Å². The summed E-state index contributed by atoms with van der Waals surface area (Å²) in [6, 6.07) is 17.5. The molecule has 1 aromatic heterocycles. The third-order valence-corrected chi connectivity index (χ3v) is 6.96. The monoisotopic (exact) mass is 519 g/mol. The maximum absolute atomic E-state index is 13.4. The molecular formula is C26H22ClN5O3S. The van der Waals surface area contributed by atoms with Gasteiger partial charge in [-0.05, 0) is 48.0 Å². The van der Waals surface area contributed by atoms with E-state index in [0.29, 0.717) is 47.1 Å². The van der Waals surface area contributed by atoms with E-state index >= 15 is 0 Å². The van der Waals surface area contributed by atoms with Gasteiger partial charge in [-0.1, -0.05) is 23.7 Å². The van der Waals surface area contributed by atoms with Crippen LogP contribution in [-0.4, -0.2) is 54.8 Å². The van der Waals surface area contributed by atoms with Crippen molar-refractivity contribution < 1.29 is 9.53 Å². The average Bonchev–Trinajstić information content (AvgIpc) is 3.21. The fourth-order valence-corrected chi connectivity index (χ4v) is 4.94. The summed E-state index contributed by atoms with van der Waals surface area (Å²) in [5.41, 5.74) is 1.20. The predicted molar refractivity (Wildman–Crippen MR) is 138 cm³/mol. The molecule has 0 bridgehead atoms. The number of nitrogens with zero attached hydrogens (tertiary/aromatic N) is 4. The lowest BCUT2D eigenvalue weighted by Crippen LogP contribution is -2.42. The van der Waals surface area contributed by atoms with Crippen molar-refractivity contribution in [3.8, 4) is 17.8 Å². The van der Waals surface area contributed by atoms with Gasteiger partial charge in [0.05, 0.1) is 35.1 Å². The molecule has 0 radical (unpaired) electrons. The summed E-state index contributed by atoms with van der Waals surface area (Å²) >= 11 is 7.09. The number of morpholine rings is 1. The van der Waals surface area contributed by atoms with E-state index in [9.17, 15) is 14.9 Å². The van der Waals surface area contributed by atoms with Crippen LogP contribution in [0, 0.1) is 22.7 Å². The number of halogens is 1. The van der Waals surface area contributed by atoms with Crippen LogP contribution >= 0.6 is 22.9 Å². The summed E-state index contributed by atoms with van der Waals surface area (Å²) < 4.78 is 7.27. The van der Waals surface area contributed by atoms with E-state index in [1.165, 1.54) is 4.57 Å². The van der Waals surface area contributed by atoms with E-state index < -0.39 is 5.91 Å². The summed E-state index contributed by atoms with van der Waals surface area (Å²) in [5.74, 6) is -0.542. The fraction of sp³-hybridized carbons (Fsp3) is 0.231. The third kappa shape index (κ3) is 5.91. The maximum Gasteiger partial charge on any atom is 0.273 e. The van der Waals surface area contributed by atoms with Crippen LogP contribution in [0.5, 0.6) is 0 Å². The zero-order valence-corrected chi connectivity index (χ0v) is 20.8. The molecule has 0 unspecified atom stereocenters. The normalized spacial score (nSPS) is 15.1. The summed E-state index contributed by atoms with van der Waals surface area (Å²) in [5, 5.41) is 22.2. The first-order valence-electron chi connectivity index (χ1n) is 11.2. The molecule has 2 heterocycles. The van der Waals surface area contributed by atoms with Gasteiger partial charge in [0.25, 0.3) is 11.5 Å². The van der Waals surface area contributed by atoms with Crippen molar-refractivity contribution in [2.24, 2.45) is 0 Å². The van der Waals surface area contributed by atoms with Gasteiger partial charge >= 0.3 is 0 Å². The number of nitriles is 2. The minimum atomic E-state index is -0.542. The topological polar surface area (TPSA) is 111 Å². The molecule has 1 aliphatic heterocycles. The van der Waals surface area contributed by atoms with Gasteiger partial charge in [-0.3, -0.25) is 19.1 Å². The van der Waals surface area contributed by atoms with Gasteiger partial charge < -0.3 is 10.1 Å². The van der Waals surface area contributed by atoms with Crippen molar-refractivity contribution in [1.29, 1.82) is 10.5 Å². The lowest BCUT2D eigenvalue weighted by molar-refractivity contribution is -0.115. The first-order valence-corrected chi connectivity index (χ1v) is 12.4. The Morgan fingerprint density at radius 1 is 1.11 bits per heavy atom. The number of benzene rings is 2. The van der Waals surface area contributed by atoms with E-state index in [2.05, 4.69) is 16.3 Å². The molecule has 0 spiro atoms. The number of hydrogen-bond acceptors (Lipinski definition) is 7. The van der Waals surface area contributed by atoms with Crippen LogP contribution in [0.25, 0.3) is 17.3 Å². The van der Waals surface area contributed by atoms with Gasteiger partial charge in [-0.15, -0.1) is 11.3 Å². The second-order valence-corrected chi connectivity index (χ2v) is 9.43. The minimum absolute atomic E-state index is 0.145. The van der Waals surface area contributed by atoms with Crippen molar-refractivity contribution in [3.05, 3.63) is 84.2 Å². The molecule has 3 aromatic rings. The summed E-state index contributed by atoms with van der Waals surface area (Å²) in [6.45, 7) is 3.90. The van der Waals surface area contributed by atoms with Crippen molar-refractivity contribution in [2.75, 3.05) is 39.4 Å². The number of rotatable bonds is 6. The largest absolute Gasteiger partial charge is 0.379 e. The Morgan fingerprint density at radius 3 is 2.44 bits per heavy atom. The Kier molecular flexibility index (Phi) is 8.32. The molecular weight excluding hydrogens is 498 g/mol. The van der Waals surface area contributed by atoms with Crippen LogP contribution in [0.3, 0.4) is 0 Å². The second kappa shape index (κ2) is 11.8. The lowest BCUT2D eigenvalue weighted by atomic mass is 10.1. The maximum atomic E-state index is 13.4. The summed E-state index contributed by atoms with van der Waals surface area (Å²) in [6.07, 6.45) is 1.68. The number of carbonyl (C=O) groups is 1. The average molecular weight is 520 g/mol. The van der Waals surface area contributed by atoms with Crippen LogP contribution in [0.1, 0.15) is 11.1 Å². The Balaban J connectivity index is 1.76. The number of nitrogens with one attached hydrogen (secondary N) is 1. The molecule has 2 aromatic carbocycles. The number of amides is 1. The number of hydrogen-bond donors (Lipinski definition) is 1. The number of aromatic nitrogens is 1. The first-order chi connectivity index (χ1) is 17.5. The molecule has 10 heteroatoms. The Bertz CT molecular complexity index is 1510. The van der Waals surface area contributed by atoms with Gasteiger partial charge in [0, 0.05) is 31.2 Å². The molecule has 1 fully saturated rings. The minimum Gasteiger partial charge on any atom is -0.379 e. The predicted octanol–water partition coefficient (Wildman–Crippen LogP) is 1.38. The van der Waals surface area contributed by atoms with Crippen molar-refractivity contribution in [3.63, 3.8) is 0 Å². The highest BCUT2D eigenvalue weighted by molar-refractivity contribution is 7.07. The quantitative estimate of drug-likeness (QED) is 0.526. The molecule has 1 saturated heterocycles. The van der Waals surface area contributed by atoms with Crippen LogP contribution < -0.4 is 20.1 Å². The van der Waals surface area contributed by atoms with Gasteiger partial charge in [-0.25, -0.2) is 0 Å². The Morgan fingerprint density at radius 2 is 1.81 bits per heavy atom. The summed E-state index contributed by atoms with van der Waals surface area (Å²) in [7, 11) is 0. The van der Waals surface area contributed by atoms with Crippen LogP contribution in [0.15, 0.2) is 53.3 Å². The molecule has 8 nitrogen and oxygen atoms in total. The second-order valence-electron chi connectivity index (χ2n) is 7.96. The number of thiazole rings is 1. The van der Waals surface area contributed by atoms with Crippen molar-refractivity contribution in [1.82, 2.24) is 14.8 Å². The zero-order valence-electron chi connectivity index (χ0n) is 19.2. The molecule has 1 N–H and O–H groups in total.